The highest BCUT2D eigenvalue weighted by Gasteiger charge is 2.30. The third-order valence-corrected chi connectivity index (χ3v) is 7.95. The monoisotopic (exact) mass is 630 g/mol. The predicted octanol–water partition coefficient (Wildman–Crippen LogP) is 5.95. The van der Waals surface area contributed by atoms with E-state index in [9.17, 15) is 22.8 Å². The zero-order chi connectivity index (χ0) is 32.3. The summed E-state index contributed by atoms with van der Waals surface area (Å²) >= 11 is 0. The van der Waals surface area contributed by atoms with Gasteiger partial charge in [-0.15, -0.1) is 0 Å². The van der Waals surface area contributed by atoms with Crippen LogP contribution < -0.4 is 16.6 Å². The van der Waals surface area contributed by atoms with E-state index in [1.165, 1.54) is 6.07 Å². The number of pyridine rings is 1. The number of hydrogen-bond acceptors (Lipinski definition) is 6. The van der Waals surface area contributed by atoms with Crippen LogP contribution in [0, 0.1) is 0 Å². The number of nitrogens with zero attached hydrogens (tertiary/aromatic N) is 6. The van der Waals surface area contributed by atoms with Gasteiger partial charge in [-0.3, -0.25) is 14.5 Å². The molecule has 1 aliphatic rings. The lowest BCUT2D eigenvalue weighted by molar-refractivity contribution is -0.143. The minimum absolute atomic E-state index is 0.0890. The molecule has 0 saturated heterocycles. The molecule has 10 nitrogen and oxygen atoms in total. The number of halogens is 3. The first kappa shape index (κ1) is 31.0. The molecule has 13 heteroatoms. The van der Waals surface area contributed by atoms with Crippen LogP contribution in [0.3, 0.4) is 0 Å². The van der Waals surface area contributed by atoms with Gasteiger partial charge < -0.3 is 16.0 Å². The molecule has 46 heavy (non-hydrogen) atoms. The summed E-state index contributed by atoms with van der Waals surface area (Å²) in [5.41, 5.74) is 9.20. The number of aromatic nitrogens is 5. The molecule has 0 fully saturated rings. The average molecular weight is 631 g/mol. The Balaban J connectivity index is 1.24. The van der Waals surface area contributed by atoms with Crippen molar-refractivity contribution in [1.82, 2.24) is 29.4 Å². The first-order valence-corrected chi connectivity index (χ1v) is 15.1. The molecule has 0 bridgehead atoms. The van der Waals surface area contributed by atoms with Crippen molar-refractivity contribution in [2.24, 2.45) is 5.73 Å². The number of aryl methyl sites for hydroxylation is 1. The third kappa shape index (κ3) is 7.09. The molecule has 3 aromatic heterocycles. The number of carbonyl (C=O) groups excluding carboxylic acids is 1. The van der Waals surface area contributed by atoms with E-state index in [-0.39, 0.29) is 17.3 Å². The van der Waals surface area contributed by atoms with E-state index in [1.807, 2.05) is 16.9 Å². The number of urea groups is 1. The number of unbranched alkanes of at least 4 members (excludes halogenated alkanes) is 3. The van der Waals surface area contributed by atoms with Crippen molar-refractivity contribution in [3.8, 4) is 22.4 Å². The smallest absolute Gasteiger partial charge is 0.330 e. The maximum atomic E-state index is 13.5. The standard InChI is InChI=1S/C33H33F3N8O2/c34-33(35,36)21-44-31(45)28(23-7-10-29-25(15-23)20-43(40-29)14-4-2-1-3-12-37)16-30(41-44)22-5-8-27(9-6-22)39-32(46)42-18-24-11-13-38-17-26(24)19-42/h5-11,13,15-17,20H,1-4,12,14,18-19,21,37H2,(H,39,46). The molecule has 0 radical (unpaired) electrons. The lowest BCUT2D eigenvalue weighted by atomic mass is 10.0. The Labute approximate surface area is 262 Å². The number of rotatable bonds is 10. The van der Waals surface area contributed by atoms with Crippen LogP contribution in [0.15, 0.2) is 78.0 Å². The fraction of sp³-hybridized carbons (Fsp3) is 0.303. The van der Waals surface area contributed by atoms with E-state index >= 15 is 0 Å². The van der Waals surface area contributed by atoms with E-state index in [2.05, 4.69) is 20.5 Å². The molecule has 238 valence electrons. The molecule has 6 rings (SSSR count). The Hall–Kier alpha value is -5.04. The molecule has 0 spiro atoms. The Morgan fingerprint density at radius 3 is 2.43 bits per heavy atom. The summed E-state index contributed by atoms with van der Waals surface area (Å²) in [4.78, 5) is 31.9. The van der Waals surface area contributed by atoms with Crippen molar-refractivity contribution in [2.75, 3.05) is 11.9 Å². The van der Waals surface area contributed by atoms with Crippen LogP contribution in [0.1, 0.15) is 36.8 Å². The number of hydrogen-bond donors (Lipinski definition) is 2. The topological polar surface area (TPSA) is 124 Å². The zero-order valence-corrected chi connectivity index (χ0v) is 25.0. The van der Waals surface area contributed by atoms with Gasteiger partial charge in [-0.2, -0.15) is 23.4 Å². The minimum Gasteiger partial charge on any atom is -0.330 e. The number of benzene rings is 2. The summed E-state index contributed by atoms with van der Waals surface area (Å²) in [6.45, 7) is 0.789. The summed E-state index contributed by atoms with van der Waals surface area (Å²) < 4.78 is 42.8. The number of nitrogens with two attached hydrogens (primary N) is 1. The molecule has 2 aromatic carbocycles. The van der Waals surface area contributed by atoms with Gasteiger partial charge in [0.05, 0.1) is 16.8 Å². The summed E-state index contributed by atoms with van der Waals surface area (Å²) in [5.74, 6) is 0. The maximum Gasteiger partial charge on any atom is 0.408 e. The van der Waals surface area contributed by atoms with Crippen LogP contribution in [-0.4, -0.2) is 48.2 Å². The zero-order valence-electron chi connectivity index (χ0n) is 25.0. The van der Waals surface area contributed by atoms with Crippen LogP contribution in [0.5, 0.6) is 0 Å². The first-order valence-electron chi connectivity index (χ1n) is 15.1. The van der Waals surface area contributed by atoms with Gasteiger partial charge in [0, 0.05) is 54.9 Å². The van der Waals surface area contributed by atoms with Crippen molar-refractivity contribution >= 4 is 22.6 Å². The average Bonchev–Trinajstić information content (AvgIpc) is 3.65. The molecule has 0 saturated carbocycles. The van der Waals surface area contributed by atoms with Crippen molar-refractivity contribution < 1.29 is 18.0 Å². The van der Waals surface area contributed by atoms with Crippen molar-refractivity contribution in [3.63, 3.8) is 0 Å². The predicted molar refractivity (Wildman–Crippen MR) is 169 cm³/mol. The SMILES string of the molecule is NCCCCCCn1cc2cc(-c3cc(-c4ccc(NC(=O)N5Cc6ccncc6C5)cc4)nn(CC(F)(F)F)c3=O)ccc2n1. The first-order chi connectivity index (χ1) is 22.2. The summed E-state index contributed by atoms with van der Waals surface area (Å²) in [6, 6.07) is 14.9. The number of anilines is 1. The Bertz CT molecular complexity index is 1890. The highest BCUT2D eigenvalue weighted by molar-refractivity contribution is 5.90. The minimum atomic E-state index is -4.65. The van der Waals surface area contributed by atoms with Crippen molar-refractivity contribution in [3.05, 3.63) is 94.7 Å². The third-order valence-electron chi connectivity index (χ3n) is 7.95. The highest BCUT2D eigenvalue weighted by Crippen LogP contribution is 2.28. The molecule has 0 atom stereocenters. The number of carbonyl (C=O) groups is 1. The second kappa shape index (κ2) is 13.1. The number of fused-ring (bicyclic) bond motifs is 2. The second-order valence-corrected chi connectivity index (χ2v) is 11.4. The van der Waals surface area contributed by atoms with Crippen LogP contribution >= 0.6 is 0 Å². The Kier molecular flexibility index (Phi) is 8.84. The van der Waals surface area contributed by atoms with E-state index in [0.717, 1.165) is 54.3 Å². The van der Waals surface area contributed by atoms with Gasteiger partial charge in [0.15, 0.2) is 0 Å². The number of alkyl halides is 3. The van der Waals surface area contributed by atoms with Gasteiger partial charge in [0.2, 0.25) is 0 Å². The lowest BCUT2D eigenvalue weighted by Crippen LogP contribution is -2.31. The maximum absolute atomic E-state index is 13.5. The quantitative estimate of drug-likeness (QED) is 0.184. The highest BCUT2D eigenvalue weighted by atomic mass is 19.4. The number of nitrogens with one attached hydrogen (secondary N) is 1. The van der Waals surface area contributed by atoms with Gasteiger partial charge in [-0.1, -0.05) is 31.0 Å². The van der Waals surface area contributed by atoms with Gasteiger partial charge in [0.25, 0.3) is 5.56 Å². The fourth-order valence-electron chi connectivity index (χ4n) is 5.59. The van der Waals surface area contributed by atoms with Crippen LogP contribution in [-0.2, 0) is 26.2 Å². The molecule has 4 heterocycles. The second-order valence-electron chi connectivity index (χ2n) is 11.4. The van der Waals surface area contributed by atoms with E-state index in [1.54, 1.807) is 59.8 Å². The van der Waals surface area contributed by atoms with E-state index in [4.69, 9.17) is 5.73 Å². The molecule has 5 aromatic rings. The summed E-state index contributed by atoms with van der Waals surface area (Å²) in [7, 11) is 0. The molecular formula is C33H33F3N8O2. The van der Waals surface area contributed by atoms with Crippen LogP contribution in [0.2, 0.25) is 0 Å². The van der Waals surface area contributed by atoms with Crippen molar-refractivity contribution in [2.45, 2.75) is 58.0 Å². The largest absolute Gasteiger partial charge is 0.408 e. The molecule has 3 N–H and O–H groups in total. The van der Waals surface area contributed by atoms with Gasteiger partial charge >= 0.3 is 12.2 Å². The van der Waals surface area contributed by atoms with E-state index < -0.39 is 18.3 Å². The summed E-state index contributed by atoms with van der Waals surface area (Å²) in [5, 5.41) is 12.3. The normalized spacial score (nSPS) is 12.9. The van der Waals surface area contributed by atoms with Crippen LogP contribution in [0.4, 0.5) is 23.7 Å². The van der Waals surface area contributed by atoms with Gasteiger partial charge in [-0.05, 0) is 72.5 Å². The van der Waals surface area contributed by atoms with Gasteiger partial charge in [-0.25, -0.2) is 9.48 Å². The van der Waals surface area contributed by atoms with Crippen molar-refractivity contribution in [1.29, 1.82) is 0 Å². The van der Waals surface area contributed by atoms with Gasteiger partial charge in [0.1, 0.15) is 6.54 Å². The Morgan fingerprint density at radius 1 is 0.913 bits per heavy atom. The number of amides is 2. The molecule has 2 amide bonds. The lowest BCUT2D eigenvalue weighted by Gasteiger charge is -2.17. The molecule has 1 aliphatic heterocycles. The van der Waals surface area contributed by atoms with Crippen LogP contribution in [0.25, 0.3) is 33.3 Å². The molecular weight excluding hydrogens is 597 g/mol. The summed E-state index contributed by atoms with van der Waals surface area (Å²) in [6.07, 6.45) is 4.69. The Morgan fingerprint density at radius 2 is 1.67 bits per heavy atom. The van der Waals surface area contributed by atoms with E-state index in [0.29, 0.717) is 41.1 Å². The molecule has 0 aliphatic carbocycles. The molecule has 0 unspecified atom stereocenters. The fourth-order valence-corrected chi connectivity index (χ4v) is 5.59.